The summed E-state index contributed by atoms with van der Waals surface area (Å²) in [5.41, 5.74) is 4.16. The van der Waals surface area contributed by atoms with Gasteiger partial charge in [0.1, 0.15) is 0 Å². The molecule has 1 aromatic heterocycles. The summed E-state index contributed by atoms with van der Waals surface area (Å²) in [5, 5.41) is 8.53. The quantitative estimate of drug-likeness (QED) is 0.859. The lowest BCUT2D eigenvalue weighted by atomic mass is 9.84. The molecule has 0 amide bonds. The van der Waals surface area contributed by atoms with Crippen LogP contribution in [0.4, 0.5) is 0 Å². The first-order chi connectivity index (χ1) is 10.2. The molecule has 118 valence electrons. The summed E-state index contributed by atoms with van der Waals surface area (Å²) < 4.78 is 2.36. The molecule has 2 saturated carbocycles. The van der Waals surface area contributed by atoms with E-state index in [1.54, 1.807) is 0 Å². The number of aromatic nitrogens is 2. The van der Waals surface area contributed by atoms with E-state index in [2.05, 4.69) is 30.8 Å². The highest BCUT2D eigenvalue weighted by Gasteiger charge is 2.25. The zero-order chi connectivity index (χ0) is 14.8. The van der Waals surface area contributed by atoms with E-state index in [0.29, 0.717) is 6.04 Å². The zero-order valence-corrected chi connectivity index (χ0v) is 14.0. The van der Waals surface area contributed by atoms with Crippen LogP contribution in [0, 0.1) is 19.8 Å². The van der Waals surface area contributed by atoms with E-state index in [-0.39, 0.29) is 0 Å². The van der Waals surface area contributed by atoms with E-state index in [1.165, 1.54) is 61.9 Å². The van der Waals surface area contributed by atoms with Crippen molar-refractivity contribution < 1.29 is 0 Å². The lowest BCUT2D eigenvalue weighted by molar-refractivity contribution is 0.244. The monoisotopic (exact) mass is 289 g/mol. The van der Waals surface area contributed by atoms with E-state index in [0.717, 1.165) is 24.9 Å². The lowest BCUT2D eigenvalue weighted by Gasteiger charge is -2.29. The summed E-state index contributed by atoms with van der Waals surface area (Å²) in [6, 6.07) is 1.46. The van der Waals surface area contributed by atoms with E-state index in [4.69, 9.17) is 5.10 Å². The van der Waals surface area contributed by atoms with Crippen LogP contribution in [-0.2, 0) is 6.42 Å². The summed E-state index contributed by atoms with van der Waals surface area (Å²) in [6.07, 6.45) is 10.7. The van der Waals surface area contributed by atoms with E-state index < -0.39 is 0 Å². The van der Waals surface area contributed by atoms with Crippen molar-refractivity contribution in [3.05, 3.63) is 17.0 Å². The predicted molar refractivity (Wildman–Crippen MR) is 87.7 cm³/mol. The van der Waals surface area contributed by atoms with Gasteiger partial charge in [-0.15, -0.1) is 0 Å². The molecule has 0 bridgehead atoms. The minimum atomic E-state index is 0.646. The second-order valence-corrected chi connectivity index (χ2v) is 7.17. The first-order valence-corrected chi connectivity index (χ1v) is 8.97. The van der Waals surface area contributed by atoms with Gasteiger partial charge in [0.25, 0.3) is 0 Å². The maximum absolute atomic E-state index is 4.90. The summed E-state index contributed by atoms with van der Waals surface area (Å²) in [6.45, 7) is 7.92. The molecular weight excluding hydrogens is 258 g/mol. The molecule has 3 nitrogen and oxygen atoms in total. The second kappa shape index (κ2) is 6.51. The molecule has 2 fully saturated rings. The standard InChI is InChI=1S/C18H31N3/c1-4-15-6-5-7-17(12-15)21-14(3)18(13(2)20-21)10-11-19-16-8-9-16/h15-17,19H,4-12H2,1-3H3. The Kier molecular flexibility index (Phi) is 4.68. The van der Waals surface area contributed by atoms with Crippen LogP contribution in [0.3, 0.4) is 0 Å². The molecule has 0 aromatic carbocycles. The van der Waals surface area contributed by atoms with E-state index >= 15 is 0 Å². The van der Waals surface area contributed by atoms with Crippen LogP contribution in [0.25, 0.3) is 0 Å². The number of nitrogens with zero attached hydrogens (tertiary/aromatic N) is 2. The van der Waals surface area contributed by atoms with Gasteiger partial charge in [-0.3, -0.25) is 4.68 Å². The molecule has 0 radical (unpaired) electrons. The molecule has 2 atom stereocenters. The maximum atomic E-state index is 4.90. The van der Waals surface area contributed by atoms with Crippen LogP contribution >= 0.6 is 0 Å². The van der Waals surface area contributed by atoms with Gasteiger partial charge in [-0.05, 0) is 64.0 Å². The molecule has 3 rings (SSSR count). The van der Waals surface area contributed by atoms with Gasteiger partial charge >= 0.3 is 0 Å². The molecule has 1 aromatic rings. The van der Waals surface area contributed by atoms with Crippen molar-refractivity contribution in [3.63, 3.8) is 0 Å². The normalized spacial score (nSPS) is 26.2. The third-order valence-electron chi connectivity index (χ3n) is 5.54. The Morgan fingerprint density at radius 2 is 2.00 bits per heavy atom. The van der Waals surface area contributed by atoms with Crippen molar-refractivity contribution >= 4 is 0 Å². The molecule has 0 spiro atoms. The Hall–Kier alpha value is -0.830. The van der Waals surface area contributed by atoms with Gasteiger partial charge < -0.3 is 5.32 Å². The van der Waals surface area contributed by atoms with Gasteiger partial charge in [0, 0.05) is 11.7 Å². The lowest BCUT2D eigenvalue weighted by Crippen LogP contribution is -2.21. The van der Waals surface area contributed by atoms with E-state index in [1.807, 2.05) is 0 Å². The van der Waals surface area contributed by atoms with Gasteiger partial charge in [-0.2, -0.15) is 5.10 Å². The molecule has 21 heavy (non-hydrogen) atoms. The van der Waals surface area contributed by atoms with Crippen molar-refractivity contribution in [1.29, 1.82) is 0 Å². The Morgan fingerprint density at radius 1 is 1.19 bits per heavy atom. The fourth-order valence-corrected chi connectivity index (χ4v) is 3.96. The number of hydrogen-bond acceptors (Lipinski definition) is 2. The van der Waals surface area contributed by atoms with Crippen molar-refractivity contribution in [2.45, 2.75) is 84.2 Å². The van der Waals surface area contributed by atoms with E-state index in [9.17, 15) is 0 Å². The summed E-state index contributed by atoms with van der Waals surface area (Å²) in [7, 11) is 0. The van der Waals surface area contributed by atoms with Crippen molar-refractivity contribution in [1.82, 2.24) is 15.1 Å². The Labute approximate surface area is 129 Å². The zero-order valence-electron chi connectivity index (χ0n) is 14.0. The highest BCUT2D eigenvalue weighted by molar-refractivity contribution is 5.25. The van der Waals surface area contributed by atoms with Gasteiger partial charge in [-0.25, -0.2) is 0 Å². The van der Waals surface area contributed by atoms with Gasteiger partial charge in [-0.1, -0.05) is 26.2 Å². The van der Waals surface area contributed by atoms with Crippen LogP contribution in [0.1, 0.15) is 74.9 Å². The number of nitrogens with one attached hydrogen (secondary N) is 1. The number of hydrogen-bond donors (Lipinski definition) is 1. The molecule has 2 unspecified atom stereocenters. The molecule has 0 saturated heterocycles. The third kappa shape index (κ3) is 3.50. The minimum Gasteiger partial charge on any atom is -0.314 e. The predicted octanol–water partition coefficient (Wildman–Crippen LogP) is 3.94. The SMILES string of the molecule is CCC1CCCC(n2nc(C)c(CCNC3CC3)c2C)C1. The summed E-state index contributed by atoms with van der Waals surface area (Å²) >= 11 is 0. The fourth-order valence-electron chi connectivity index (χ4n) is 3.96. The molecule has 2 aliphatic carbocycles. The van der Waals surface area contributed by atoms with Crippen LogP contribution in [0.2, 0.25) is 0 Å². The van der Waals surface area contributed by atoms with Crippen molar-refractivity contribution in [2.75, 3.05) is 6.54 Å². The van der Waals surface area contributed by atoms with Crippen molar-refractivity contribution in [2.24, 2.45) is 5.92 Å². The highest BCUT2D eigenvalue weighted by atomic mass is 15.3. The number of rotatable bonds is 6. The molecule has 1 N–H and O–H groups in total. The second-order valence-electron chi connectivity index (χ2n) is 7.17. The highest BCUT2D eigenvalue weighted by Crippen LogP contribution is 2.35. The first kappa shape index (κ1) is 15.1. The fraction of sp³-hybridized carbons (Fsp3) is 0.833. The molecule has 3 heteroatoms. The Bertz CT molecular complexity index is 473. The average Bonchev–Trinajstić information content (AvgIpc) is 3.28. The van der Waals surface area contributed by atoms with Crippen LogP contribution in [-0.4, -0.2) is 22.4 Å². The topological polar surface area (TPSA) is 29.9 Å². The van der Waals surface area contributed by atoms with Gasteiger partial charge in [0.2, 0.25) is 0 Å². The molecule has 1 heterocycles. The maximum Gasteiger partial charge on any atom is 0.0629 e. The first-order valence-electron chi connectivity index (χ1n) is 8.97. The van der Waals surface area contributed by atoms with Crippen molar-refractivity contribution in [3.8, 4) is 0 Å². The van der Waals surface area contributed by atoms with Crippen LogP contribution < -0.4 is 5.32 Å². The van der Waals surface area contributed by atoms with Gasteiger partial charge in [0.05, 0.1) is 11.7 Å². The minimum absolute atomic E-state index is 0.646. The van der Waals surface area contributed by atoms with Gasteiger partial charge in [0.15, 0.2) is 0 Å². The third-order valence-corrected chi connectivity index (χ3v) is 5.54. The van der Waals surface area contributed by atoms with Crippen LogP contribution in [0.5, 0.6) is 0 Å². The Balaban J connectivity index is 1.67. The van der Waals surface area contributed by atoms with Crippen LogP contribution in [0.15, 0.2) is 0 Å². The summed E-state index contributed by atoms with van der Waals surface area (Å²) in [4.78, 5) is 0. The number of aryl methyl sites for hydroxylation is 1. The average molecular weight is 289 g/mol. The molecular formula is C18H31N3. The largest absolute Gasteiger partial charge is 0.314 e. The summed E-state index contributed by atoms with van der Waals surface area (Å²) in [5.74, 6) is 0.910. The smallest absolute Gasteiger partial charge is 0.0629 e. The Morgan fingerprint density at radius 3 is 2.71 bits per heavy atom. The molecule has 2 aliphatic rings. The molecule has 0 aliphatic heterocycles.